The van der Waals surface area contributed by atoms with E-state index < -0.39 is 0 Å². The van der Waals surface area contributed by atoms with Crippen LogP contribution in [0.25, 0.3) is 10.9 Å². The highest BCUT2D eigenvalue weighted by Crippen LogP contribution is 2.36. The van der Waals surface area contributed by atoms with Crippen LogP contribution in [0.4, 0.5) is 0 Å². The smallest absolute Gasteiger partial charge is 0.174 e. The minimum Gasteiger partial charge on any atom is -0.354 e. The van der Waals surface area contributed by atoms with E-state index in [9.17, 15) is 0 Å². The molecule has 1 aliphatic carbocycles. The van der Waals surface area contributed by atoms with Crippen LogP contribution in [-0.2, 0) is 29.0 Å². The molecule has 1 aromatic heterocycles. The third-order valence-electron chi connectivity index (χ3n) is 6.00. The van der Waals surface area contributed by atoms with E-state index in [-0.39, 0.29) is 6.29 Å². The lowest BCUT2D eigenvalue weighted by atomic mass is 9.91. The van der Waals surface area contributed by atoms with E-state index in [1.54, 1.807) is 14.2 Å². The highest BCUT2D eigenvalue weighted by atomic mass is 16.7. The summed E-state index contributed by atoms with van der Waals surface area (Å²) in [5, 5.41) is 3.91. The minimum atomic E-state index is -0.238. The third-order valence-corrected chi connectivity index (χ3v) is 6.00. The van der Waals surface area contributed by atoms with Crippen LogP contribution < -0.4 is 5.32 Å². The molecular formula is C24H31N2O2+. The Bertz CT molecular complexity index is 929. The first-order chi connectivity index (χ1) is 13.7. The molecule has 0 unspecified atom stereocenters. The van der Waals surface area contributed by atoms with E-state index in [2.05, 4.69) is 65.3 Å². The highest BCUT2D eigenvalue weighted by molar-refractivity contribution is 5.86. The summed E-state index contributed by atoms with van der Waals surface area (Å²) >= 11 is 0. The number of quaternary nitrogens is 1. The van der Waals surface area contributed by atoms with Crippen molar-refractivity contribution in [2.75, 3.05) is 14.2 Å². The van der Waals surface area contributed by atoms with Crippen LogP contribution in [0.5, 0.6) is 0 Å². The zero-order valence-electron chi connectivity index (χ0n) is 17.2. The number of methoxy groups -OCH3 is 2. The van der Waals surface area contributed by atoms with Gasteiger partial charge in [0.05, 0.1) is 12.2 Å². The standard InChI is InChI=1S/C24H30N2O2/c1-17-12-13-22-20(14-17)19-10-7-11-21(25-15-18-8-5-4-6-9-18)24(19)26(22)16-23(27-2)28-3/h4-6,8-9,12-14,21,23,25H,7,10-11,15-16H2,1-3H3/p+1/t21-/m1/s1. The van der Waals surface area contributed by atoms with E-state index in [0.29, 0.717) is 6.04 Å². The van der Waals surface area contributed by atoms with Gasteiger partial charge in [-0.3, -0.25) is 0 Å². The molecule has 4 heteroatoms. The van der Waals surface area contributed by atoms with Crippen LogP contribution in [0.2, 0.25) is 0 Å². The molecule has 0 bridgehead atoms. The quantitative estimate of drug-likeness (QED) is 0.636. The van der Waals surface area contributed by atoms with Gasteiger partial charge in [-0.1, -0.05) is 42.0 Å². The number of nitrogens with two attached hydrogens (primary N) is 1. The average molecular weight is 380 g/mol. The van der Waals surface area contributed by atoms with Crippen LogP contribution in [-0.4, -0.2) is 25.1 Å². The Morgan fingerprint density at radius 2 is 1.89 bits per heavy atom. The lowest BCUT2D eigenvalue weighted by Gasteiger charge is -2.25. The Labute approximate surface area is 167 Å². The van der Waals surface area contributed by atoms with E-state index in [1.807, 2.05) is 0 Å². The average Bonchev–Trinajstić information content (AvgIpc) is 3.04. The summed E-state index contributed by atoms with van der Waals surface area (Å²) in [6.07, 6.45) is 3.37. The van der Waals surface area contributed by atoms with Gasteiger partial charge >= 0.3 is 0 Å². The van der Waals surface area contributed by atoms with Crippen molar-refractivity contribution >= 4 is 10.9 Å². The van der Waals surface area contributed by atoms with Crippen LogP contribution in [0, 0.1) is 6.92 Å². The summed E-state index contributed by atoms with van der Waals surface area (Å²) in [7, 11) is 3.44. The number of nitrogens with zero attached hydrogens (tertiary/aromatic N) is 1. The second-order valence-corrected chi connectivity index (χ2v) is 7.82. The highest BCUT2D eigenvalue weighted by Gasteiger charge is 2.30. The van der Waals surface area contributed by atoms with Crippen LogP contribution in [0.3, 0.4) is 0 Å². The number of fused-ring (bicyclic) bond motifs is 3. The van der Waals surface area contributed by atoms with Crippen LogP contribution >= 0.6 is 0 Å². The zero-order chi connectivity index (χ0) is 19.5. The number of benzene rings is 2. The second-order valence-electron chi connectivity index (χ2n) is 7.82. The molecule has 28 heavy (non-hydrogen) atoms. The number of aryl methyl sites for hydroxylation is 2. The largest absolute Gasteiger partial charge is 0.354 e. The van der Waals surface area contributed by atoms with E-state index in [4.69, 9.17) is 9.47 Å². The summed E-state index contributed by atoms with van der Waals surface area (Å²) in [5.74, 6) is 0. The number of ether oxygens (including phenoxy) is 2. The van der Waals surface area contributed by atoms with Gasteiger partial charge in [-0.25, -0.2) is 0 Å². The van der Waals surface area contributed by atoms with Crippen LogP contribution in [0.1, 0.15) is 41.3 Å². The van der Waals surface area contributed by atoms with Crippen LogP contribution in [0.15, 0.2) is 48.5 Å². The van der Waals surface area contributed by atoms with Gasteiger partial charge in [-0.2, -0.15) is 0 Å². The molecule has 4 rings (SSSR count). The molecule has 0 saturated carbocycles. The summed E-state index contributed by atoms with van der Waals surface area (Å²) in [4.78, 5) is 0. The molecule has 2 N–H and O–H groups in total. The Balaban J connectivity index is 1.74. The molecule has 148 valence electrons. The Morgan fingerprint density at radius 1 is 1.11 bits per heavy atom. The third kappa shape index (κ3) is 3.72. The molecule has 3 aromatic rings. The Morgan fingerprint density at radius 3 is 2.64 bits per heavy atom. The maximum atomic E-state index is 5.55. The van der Waals surface area contributed by atoms with Crippen molar-refractivity contribution in [3.05, 3.63) is 70.9 Å². The van der Waals surface area contributed by atoms with Crippen molar-refractivity contribution < 1.29 is 14.8 Å². The molecule has 0 saturated heterocycles. The fourth-order valence-electron chi connectivity index (χ4n) is 4.59. The van der Waals surface area contributed by atoms with Gasteiger partial charge in [0.2, 0.25) is 0 Å². The van der Waals surface area contributed by atoms with Crippen molar-refractivity contribution in [1.82, 2.24) is 4.57 Å². The fraction of sp³-hybridized carbons (Fsp3) is 0.417. The van der Waals surface area contributed by atoms with Gasteiger partial charge in [0.1, 0.15) is 12.6 Å². The maximum Gasteiger partial charge on any atom is 0.174 e. The summed E-state index contributed by atoms with van der Waals surface area (Å²) in [6.45, 7) is 3.90. The second kappa shape index (κ2) is 8.48. The molecule has 0 amide bonds. The van der Waals surface area contributed by atoms with E-state index in [1.165, 1.54) is 46.1 Å². The zero-order valence-corrected chi connectivity index (χ0v) is 17.2. The van der Waals surface area contributed by atoms with Crippen molar-refractivity contribution in [2.45, 2.75) is 51.6 Å². The van der Waals surface area contributed by atoms with Gasteiger partial charge in [0.25, 0.3) is 0 Å². The van der Waals surface area contributed by atoms with Gasteiger partial charge < -0.3 is 19.4 Å². The minimum absolute atomic E-state index is 0.238. The SMILES string of the molecule is COC(Cn1c2c(c3cc(C)ccc31)CCC[C@H]2[NH2+]Cc1ccccc1)OC. The Hall–Kier alpha value is -2.14. The summed E-state index contributed by atoms with van der Waals surface area (Å²) < 4.78 is 13.5. The van der Waals surface area contributed by atoms with Gasteiger partial charge in [-0.15, -0.1) is 0 Å². The number of hydrogen-bond donors (Lipinski definition) is 1. The van der Waals surface area contributed by atoms with E-state index >= 15 is 0 Å². The summed E-state index contributed by atoms with van der Waals surface area (Å²) in [6, 6.07) is 18.0. The first kappa shape index (κ1) is 19.2. The molecule has 1 aliphatic rings. The normalized spacial score (nSPS) is 16.6. The van der Waals surface area contributed by atoms with Gasteiger partial charge in [0, 0.05) is 37.1 Å². The fourth-order valence-corrected chi connectivity index (χ4v) is 4.59. The number of rotatable bonds is 7. The molecule has 0 fully saturated rings. The lowest BCUT2D eigenvalue weighted by Crippen LogP contribution is -2.84. The molecule has 1 heterocycles. The maximum absolute atomic E-state index is 5.55. The number of hydrogen-bond acceptors (Lipinski definition) is 2. The molecule has 0 aliphatic heterocycles. The van der Waals surface area contributed by atoms with Crippen molar-refractivity contribution in [3.8, 4) is 0 Å². The molecule has 0 radical (unpaired) electrons. The molecule has 2 aromatic carbocycles. The molecule has 4 nitrogen and oxygen atoms in total. The molecular weight excluding hydrogens is 348 g/mol. The monoisotopic (exact) mass is 379 g/mol. The lowest BCUT2D eigenvalue weighted by molar-refractivity contribution is -0.713. The topological polar surface area (TPSA) is 40.0 Å². The molecule has 1 atom stereocenters. The summed E-state index contributed by atoms with van der Waals surface area (Å²) in [5.41, 5.74) is 6.97. The van der Waals surface area contributed by atoms with Crippen molar-refractivity contribution in [1.29, 1.82) is 0 Å². The number of aromatic nitrogens is 1. The first-order valence-electron chi connectivity index (χ1n) is 10.3. The van der Waals surface area contributed by atoms with Gasteiger partial charge in [-0.05, 0) is 37.5 Å². The van der Waals surface area contributed by atoms with Crippen molar-refractivity contribution in [3.63, 3.8) is 0 Å². The molecule has 0 spiro atoms. The van der Waals surface area contributed by atoms with Crippen molar-refractivity contribution in [2.24, 2.45) is 0 Å². The van der Waals surface area contributed by atoms with E-state index in [0.717, 1.165) is 19.5 Å². The Kier molecular flexibility index (Phi) is 5.81. The predicted octanol–water partition coefficient (Wildman–Crippen LogP) is 3.71. The predicted molar refractivity (Wildman–Crippen MR) is 112 cm³/mol. The van der Waals surface area contributed by atoms with Gasteiger partial charge in [0.15, 0.2) is 6.29 Å². The first-order valence-corrected chi connectivity index (χ1v) is 10.3.